The number of fused-ring (bicyclic) bond motifs is 2. The first-order valence-electron chi connectivity index (χ1n) is 8.25. The van der Waals surface area contributed by atoms with Crippen LogP contribution in [0, 0.1) is 5.82 Å². The topological polar surface area (TPSA) is 53.7 Å². The first kappa shape index (κ1) is 16.8. The molecule has 1 aliphatic rings. The molecule has 0 spiro atoms. The van der Waals surface area contributed by atoms with E-state index in [1.807, 2.05) is 24.2 Å². The molecule has 26 heavy (non-hydrogen) atoms. The van der Waals surface area contributed by atoms with Crippen molar-refractivity contribution in [3.63, 3.8) is 0 Å². The number of halogens is 1. The average Bonchev–Trinajstić information content (AvgIpc) is 3.03. The van der Waals surface area contributed by atoms with Crippen molar-refractivity contribution in [3.8, 4) is 0 Å². The summed E-state index contributed by atoms with van der Waals surface area (Å²) >= 11 is 1.62. The number of hydrogen-bond donors (Lipinski definition) is 0. The minimum absolute atomic E-state index is 0.104. The fourth-order valence-corrected chi connectivity index (χ4v) is 3.97. The fraction of sp³-hybridized carbons (Fsp3) is 0.278. The van der Waals surface area contributed by atoms with E-state index in [2.05, 4.69) is 5.10 Å². The van der Waals surface area contributed by atoms with Crippen LogP contribution in [0.3, 0.4) is 0 Å². The smallest absolute Gasteiger partial charge is 0.253 e. The van der Waals surface area contributed by atoms with E-state index < -0.39 is 0 Å². The van der Waals surface area contributed by atoms with Crippen molar-refractivity contribution in [2.75, 3.05) is 31.3 Å². The minimum atomic E-state index is -0.353. The van der Waals surface area contributed by atoms with Crippen LogP contribution in [-0.4, -0.2) is 51.8 Å². The molecule has 0 saturated heterocycles. The van der Waals surface area contributed by atoms with Crippen LogP contribution in [0.15, 0.2) is 41.6 Å². The maximum Gasteiger partial charge on any atom is 0.253 e. The predicted octanol–water partition coefficient (Wildman–Crippen LogP) is 2.68. The molecule has 3 aromatic rings. The number of thioether (sulfide) groups is 1. The molecule has 0 aliphatic carbocycles. The molecular formula is C18H18FN5OS. The summed E-state index contributed by atoms with van der Waals surface area (Å²) in [6.45, 7) is 0.958. The molecule has 1 aliphatic heterocycles. The van der Waals surface area contributed by atoms with Crippen LogP contribution in [0.1, 0.15) is 15.9 Å². The number of rotatable bonds is 0. The Labute approximate surface area is 154 Å². The third kappa shape index (κ3) is 3.01. The number of aromatic nitrogens is 3. The van der Waals surface area contributed by atoms with Gasteiger partial charge in [-0.05, 0) is 29.8 Å². The quantitative estimate of drug-likeness (QED) is 0.608. The van der Waals surface area contributed by atoms with E-state index in [9.17, 15) is 9.18 Å². The molecule has 134 valence electrons. The zero-order valence-electron chi connectivity index (χ0n) is 14.5. The predicted molar refractivity (Wildman–Crippen MR) is 99.2 cm³/mol. The molecule has 0 unspecified atom stereocenters. The molecule has 0 fully saturated rings. The van der Waals surface area contributed by atoms with Gasteiger partial charge in [-0.25, -0.2) is 13.9 Å². The Balaban J connectivity index is 1.82. The van der Waals surface area contributed by atoms with Gasteiger partial charge in [0.25, 0.3) is 5.91 Å². The monoisotopic (exact) mass is 371 g/mol. The molecule has 8 heteroatoms. The lowest BCUT2D eigenvalue weighted by atomic mass is 10.1. The Bertz CT molecular complexity index is 989. The summed E-state index contributed by atoms with van der Waals surface area (Å²) in [6, 6.07) is 6.19. The molecule has 3 heterocycles. The van der Waals surface area contributed by atoms with Gasteiger partial charge in [0, 0.05) is 44.7 Å². The molecule has 0 radical (unpaired) electrons. The van der Waals surface area contributed by atoms with E-state index in [1.165, 1.54) is 12.1 Å². The van der Waals surface area contributed by atoms with Crippen LogP contribution in [0.4, 0.5) is 10.2 Å². The first-order valence-corrected chi connectivity index (χ1v) is 9.24. The third-order valence-electron chi connectivity index (χ3n) is 4.45. The van der Waals surface area contributed by atoms with Crippen molar-refractivity contribution in [1.82, 2.24) is 19.5 Å². The van der Waals surface area contributed by atoms with Crippen molar-refractivity contribution in [1.29, 1.82) is 0 Å². The number of amides is 1. The highest BCUT2D eigenvalue weighted by Crippen LogP contribution is 2.26. The van der Waals surface area contributed by atoms with Gasteiger partial charge >= 0.3 is 0 Å². The zero-order chi connectivity index (χ0) is 18.3. The molecule has 6 nitrogen and oxygen atoms in total. The van der Waals surface area contributed by atoms with E-state index in [0.717, 1.165) is 22.1 Å². The Hall–Kier alpha value is -2.61. The van der Waals surface area contributed by atoms with E-state index in [4.69, 9.17) is 4.98 Å². The van der Waals surface area contributed by atoms with Crippen LogP contribution in [-0.2, 0) is 6.54 Å². The summed E-state index contributed by atoms with van der Waals surface area (Å²) in [5, 5.41) is 4.32. The fourth-order valence-electron chi connectivity index (χ4n) is 2.99. The summed E-state index contributed by atoms with van der Waals surface area (Å²) in [5.74, 6) is 1.01. The lowest BCUT2D eigenvalue weighted by Crippen LogP contribution is -2.30. The number of nitrogens with zero attached hydrogens (tertiary/aromatic N) is 5. The third-order valence-corrected chi connectivity index (χ3v) is 5.43. The van der Waals surface area contributed by atoms with E-state index >= 15 is 0 Å². The average molecular weight is 371 g/mol. The molecule has 1 amide bonds. The molecular weight excluding hydrogens is 353 g/mol. The highest BCUT2D eigenvalue weighted by Gasteiger charge is 2.19. The molecule has 2 bridgehead atoms. The van der Waals surface area contributed by atoms with Crippen LogP contribution in [0.25, 0.3) is 5.65 Å². The van der Waals surface area contributed by atoms with E-state index in [0.29, 0.717) is 24.2 Å². The number of hydrogen-bond acceptors (Lipinski definition) is 5. The van der Waals surface area contributed by atoms with Gasteiger partial charge in [-0.2, -0.15) is 5.10 Å². The van der Waals surface area contributed by atoms with Crippen molar-refractivity contribution in [2.45, 2.75) is 11.4 Å². The molecule has 4 rings (SSSR count). The van der Waals surface area contributed by atoms with Crippen molar-refractivity contribution in [2.24, 2.45) is 0 Å². The normalized spacial score (nSPS) is 15.6. The Morgan fingerprint density at radius 3 is 2.88 bits per heavy atom. The molecule has 0 atom stereocenters. The lowest BCUT2D eigenvalue weighted by Gasteiger charge is -2.22. The lowest BCUT2D eigenvalue weighted by molar-refractivity contribution is 0.0802. The van der Waals surface area contributed by atoms with Gasteiger partial charge in [-0.15, -0.1) is 11.8 Å². The highest BCUT2D eigenvalue weighted by atomic mass is 32.2. The van der Waals surface area contributed by atoms with Gasteiger partial charge in [0.1, 0.15) is 11.6 Å². The second-order valence-electron chi connectivity index (χ2n) is 6.30. The minimum Gasteiger partial charge on any atom is -0.355 e. The Kier molecular flexibility index (Phi) is 4.28. The summed E-state index contributed by atoms with van der Waals surface area (Å²) < 4.78 is 15.6. The van der Waals surface area contributed by atoms with Gasteiger partial charge in [0.05, 0.1) is 11.1 Å². The van der Waals surface area contributed by atoms with Gasteiger partial charge in [0.15, 0.2) is 5.65 Å². The Morgan fingerprint density at radius 1 is 1.19 bits per heavy atom. The van der Waals surface area contributed by atoms with Gasteiger partial charge in [0.2, 0.25) is 0 Å². The standard InChI is InChI=1S/C18H18FN5OS/c1-22-7-8-26-15-10-20-24-6-5-16(21-17(15)24)23(2)11-12-9-13(19)3-4-14(12)18(22)25/h3-6,9-10H,7-8,11H2,1-2H3. The van der Waals surface area contributed by atoms with E-state index in [1.54, 1.807) is 40.5 Å². The second kappa shape index (κ2) is 6.60. The summed E-state index contributed by atoms with van der Waals surface area (Å²) in [4.78, 5) is 22.1. The van der Waals surface area contributed by atoms with Crippen molar-refractivity contribution < 1.29 is 9.18 Å². The first-order chi connectivity index (χ1) is 12.5. The van der Waals surface area contributed by atoms with Crippen LogP contribution in [0.2, 0.25) is 0 Å². The maximum atomic E-state index is 13.8. The largest absolute Gasteiger partial charge is 0.355 e. The van der Waals surface area contributed by atoms with Crippen molar-refractivity contribution in [3.05, 3.63) is 53.6 Å². The number of carbonyl (C=O) groups is 1. The van der Waals surface area contributed by atoms with Gasteiger partial charge in [-0.3, -0.25) is 4.79 Å². The summed E-state index contributed by atoms with van der Waals surface area (Å²) in [5.41, 5.74) is 1.95. The number of anilines is 1. The summed E-state index contributed by atoms with van der Waals surface area (Å²) in [7, 11) is 3.65. The van der Waals surface area contributed by atoms with Gasteiger partial charge in [-0.1, -0.05) is 0 Å². The molecule has 1 aromatic carbocycles. The molecule has 0 saturated carbocycles. The van der Waals surface area contributed by atoms with Crippen LogP contribution in [0.5, 0.6) is 0 Å². The SMILES string of the molecule is CN1CCSc2cnn3ccc(nc23)N(C)Cc2cc(F)ccc2C1=O. The summed E-state index contributed by atoms with van der Waals surface area (Å²) in [6.07, 6.45) is 3.66. The maximum absolute atomic E-state index is 13.8. The zero-order valence-corrected chi connectivity index (χ0v) is 15.3. The number of benzene rings is 1. The van der Waals surface area contributed by atoms with Crippen LogP contribution >= 0.6 is 11.8 Å². The van der Waals surface area contributed by atoms with Crippen LogP contribution < -0.4 is 4.90 Å². The highest BCUT2D eigenvalue weighted by molar-refractivity contribution is 7.99. The second-order valence-corrected chi connectivity index (χ2v) is 7.43. The van der Waals surface area contributed by atoms with E-state index in [-0.39, 0.29) is 11.7 Å². The number of carbonyl (C=O) groups excluding carboxylic acids is 1. The molecule has 0 N–H and O–H groups in total. The Morgan fingerprint density at radius 2 is 2.04 bits per heavy atom. The molecule has 2 aromatic heterocycles. The van der Waals surface area contributed by atoms with Gasteiger partial charge < -0.3 is 9.80 Å². The van der Waals surface area contributed by atoms with Crippen molar-refractivity contribution >= 4 is 29.1 Å².